The lowest BCUT2D eigenvalue weighted by atomic mass is 10.1. The summed E-state index contributed by atoms with van der Waals surface area (Å²) >= 11 is 0. The first-order chi connectivity index (χ1) is 15.0. The molecule has 0 bridgehead atoms. The van der Waals surface area contributed by atoms with Crippen molar-refractivity contribution in [2.75, 3.05) is 32.7 Å². The van der Waals surface area contributed by atoms with Gasteiger partial charge >= 0.3 is 0 Å². The van der Waals surface area contributed by atoms with Gasteiger partial charge in [-0.25, -0.2) is 21.6 Å². The molecule has 1 aliphatic rings. The molecule has 1 aromatic heterocycles. The number of nitrogens with one attached hydrogen (secondary N) is 1. The molecule has 0 atom stereocenters. The van der Waals surface area contributed by atoms with Crippen LogP contribution in [-0.4, -0.2) is 69.7 Å². The van der Waals surface area contributed by atoms with Crippen LogP contribution in [0.2, 0.25) is 0 Å². The van der Waals surface area contributed by atoms with Gasteiger partial charge in [-0.1, -0.05) is 17.7 Å². The number of hydrogen-bond donors (Lipinski definition) is 1. The fourth-order valence-corrected chi connectivity index (χ4v) is 6.75. The van der Waals surface area contributed by atoms with Gasteiger partial charge in [0, 0.05) is 51.5 Å². The topological polar surface area (TPSA) is 117 Å². The van der Waals surface area contributed by atoms with Crippen molar-refractivity contribution in [1.82, 2.24) is 18.9 Å². The highest BCUT2D eigenvalue weighted by molar-refractivity contribution is 7.89. The van der Waals surface area contributed by atoms with Crippen molar-refractivity contribution in [3.63, 3.8) is 0 Å². The third-order valence-corrected chi connectivity index (χ3v) is 9.02. The van der Waals surface area contributed by atoms with E-state index >= 15 is 0 Å². The largest absolute Gasteiger partial charge is 0.340 e. The highest BCUT2D eigenvalue weighted by atomic mass is 32.2. The van der Waals surface area contributed by atoms with Crippen molar-refractivity contribution in [1.29, 1.82) is 0 Å². The Morgan fingerprint density at radius 2 is 1.66 bits per heavy atom. The maximum atomic E-state index is 13.2. The number of pyridine rings is 1. The van der Waals surface area contributed by atoms with Crippen LogP contribution in [0.15, 0.2) is 46.5 Å². The van der Waals surface area contributed by atoms with Crippen LogP contribution in [0.4, 0.5) is 0 Å². The summed E-state index contributed by atoms with van der Waals surface area (Å²) in [6, 6.07) is 6.65. The molecule has 174 valence electrons. The Labute approximate surface area is 189 Å². The molecule has 1 saturated heterocycles. The molecule has 2 aromatic rings. The smallest absolute Gasteiger partial charge is 0.243 e. The highest BCUT2D eigenvalue weighted by Crippen LogP contribution is 2.26. The molecular formula is C21H28N4O5S2. The Kier molecular flexibility index (Phi) is 7.33. The third kappa shape index (κ3) is 5.34. The number of carbonyl (C=O) groups is 1. The fourth-order valence-electron chi connectivity index (χ4n) is 3.92. The number of nitrogens with zero attached hydrogens (tertiary/aromatic N) is 3. The molecule has 1 N–H and O–H groups in total. The average Bonchev–Trinajstić information content (AvgIpc) is 2.73. The van der Waals surface area contributed by atoms with Crippen LogP contribution in [0, 0.1) is 20.8 Å². The molecule has 0 spiro atoms. The number of carbonyl (C=O) groups excluding carboxylic acids is 1. The van der Waals surface area contributed by atoms with E-state index in [1.165, 1.54) is 28.8 Å². The molecule has 1 amide bonds. The zero-order valence-electron chi connectivity index (χ0n) is 18.4. The van der Waals surface area contributed by atoms with Gasteiger partial charge in [0.15, 0.2) is 0 Å². The van der Waals surface area contributed by atoms with Crippen LogP contribution in [0.25, 0.3) is 0 Å². The van der Waals surface area contributed by atoms with Crippen LogP contribution >= 0.6 is 0 Å². The van der Waals surface area contributed by atoms with E-state index < -0.39 is 20.0 Å². The molecule has 0 aliphatic carbocycles. The minimum absolute atomic E-state index is 0.0115. The second kappa shape index (κ2) is 9.65. The molecule has 1 aromatic carbocycles. The molecule has 3 rings (SSSR count). The number of hydrogen-bond acceptors (Lipinski definition) is 6. The maximum Gasteiger partial charge on any atom is 0.243 e. The van der Waals surface area contributed by atoms with E-state index in [4.69, 9.17) is 0 Å². The van der Waals surface area contributed by atoms with E-state index in [0.29, 0.717) is 16.0 Å². The lowest BCUT2D eigenvalue weighted by Gasteiger charge is -2.34. The monoisotopic (exact) mass is 480 g/mol. The van der Waals surface area contributed by atoms with Crippen LogP contribution in [0.3, 0.4) is 0 Å². The minimum Gasteiger partial charge on any atom is -0.340 e. The fraction of sp³-hybridized carbons (Fsp3) is 0.429. The predicted molar refractivity (Wildman–Crippen MR) is 120 cm³/mol. The number of rotatable bonds is 7. The van der Waals surface area contributed by atoms with Gasteiger partial charge in [0.1, 0.15) is 4.90 Å². The first-order valence-corrected chi connectivity index (χ1v) is 13.2. The summed E-state index contributed by atoms with van der Waals surface area (Å²) in [5.41, 5.74) is 2.43. The molecule has 0 radical (unpaired) electrons. The summed E-state index contributed by atoms with van der Waals surface area (Å²) in [6.45, 7) is 6.38. The highest BCUT2D eigenvalue weighted by Gasteiger charge is 2.32. The van der Waals surface area contributed by atoms with Gasteiger partial charge in [-0.2, -0.15) is 4.31 Å². The van der Waals surface area contributed by atoms with E-state index in [1.54, 1.807) is 18.7 Å². The SMILES string of the molecule is Cc1cc(C)c(S(=O)(=O)N2CCN(C(=O)CCNS(=O)(=O)c3cccnc3)CC2)c(C)c1. The number of aryl methyl sites for hydroxylation is 3. The van der Waals surface area contributed by atoms with Crippen molar-refractivity contribution in [2.45, 2.75) is 37.0 Å². The number of piperazine rings is 1. The molecule has 0 unspecified atom stereocenters. The van der Waals surface area contributed by atoms with Crippen LogP contribution in [0.5, 0.6) is 0 Å². The zero-order valence-corrected chi connectivity index (χ0v) is 20.0. The van der Waals surface area contributed by atoms with Gasteiger partial charge in [-0.3, -0.25) is 9.78 Å². The summed E-state index contributed by atoms with van der Waals surface area (Å²) < 4.78 is 54.6. The van der Waals surface area contributed by atoms with Gasteiger partial charge in [0.05, 0.1) is 4.90 Å². The number of sulfonamides is 2. The molecule has 11 heteroatoms. The summed E-state index contributed by atoms with van der Waals surface area (Å²) in [7, 11) is -7.39. The Hall–Kier alpha value is -2.34. The molecular weight excluding hydrogens is 452 g/mol. The number of amides is 1. The van der Waals surface area contributed by atoms with E-state index in [1.807, 2.05) is 19.1 Å². The lowest BCUT2D eigenvalue weighted by molar-refractivity contribution is -0.132. The van der Waals surface area contributed by atoms with Gasteiger partial charge in [0.2, 0.25) is 26.0 Å². The standard InChI is InChI=1S/C21H28N4O5S2/c1-16-13-17(2)21(18(3)14-16)32(29,30)25-11-9-24(10-12-25)20(26)6-8-23-31(27,28)19-5-4-7-22-15-19/h4-5,7,13-15,23H,6,8-12H2,1-3H3. The van der Waals surface area contributed by atoms with Crippen LogP contribution in [-0.2, 0) is 24.8 Å². The molecule has 1 aliphatic heterocycles. The normalized spacial score (nSPS) is 15.7. The van der Waals surface area contributed by atoms with Crippen molar-refractivity contribution >= 4 is 26.0 Å². The van der Waals surface area contributed by atoms with Gasteiger partial charge in [0.25, 0.3) is 0 Å². The van der Waals surface area contributed by atoms with Crippen molar-refractivity contribution in [2.24, 2.45) is 0 Å². The van der Waals surface area contributed by atoms with E-state index in [2.05, 4.69) is 9.71 Å². The summed E-state index contributed by atoms with van der Waals surface area (Å²) in [5.74, 6) is -0.223. The second-order valence-corrected chi connectivity index (χ2v) is 11.5. The summed E-state index contributed by atoms with van der Waals surface area (Å²) in [4.78, 5) is 18.2. The minimum atomic E-state index is -3.73. The molecule has 2 heterocycles. The van der Waals surface area contributed by atoms with Crippen LogP contribution in [0.1, 0.15) is 23.1 Å². The molecule has 9 nitrogen and oxygen atoms in total. The molecule has 0 saturated carbocycles. The number of aromatic nitrogens is 1. The summed E-state index contributed by atoms with van der Waals surface area (Å²) in [5, 5.41) is 0. The van der Waals surface area contributed by atoms with Gasteiger partial charge in [-0.15, -0.1) is 0 Å². The third-order valence-electron chi connectivity index (χ3n) is 5.37. The summed E-state index contributed by atoms with van der Waals surface area (Å²) in [6.07, 6.45) is 2.70. The van der Waals surface area contributed by atoms with Crippen molar-refractivity contribution < 1.29 is 21.6 Å². The Morgan fingerprint density at radius 1 is 1.03 bits per heavy atom. The van der Waals surface area contributed by atoms with Crippen molar-refractivity contribution in [3.8, 4) is 0 Å². The number of benzene rings is 1. The van der Waals surface area contributed by atoms with Crippen LogP contribution < -0.4 is 4.72 Å². The van der Waals surface area contributed by atoms with E-state index in [0.717, 1.165) is 5.56 Å². The molecule has 32 heavy (non-hydrogen) atoms. The Balaban J connectivity index is 1.56. The molecule has 1 fully saturated rings. The Morgan fingerprint density at radius 3 is 2.22 bits per heavy atom. The quantitative estimate of drug-likeness (QED) is 0.637. The second-order valence-electron chi connectivity index (χ2n) is 7.85. The van der Waals surface area contributed by atoms with E-state index in [-0.39, 0.29) is 49.9 Å². The lowest BCUT2D eigenvalue weighted by Crippen LogP contribution is -2.51. The first kappa shape index (κ1) is 24.3. The Bertz CT molecular complexity index is 1170. The first-order valence-electron chi connectivity index (χ1n) is 10.3. The van der Waals surface area contributed by atoms with Gasteiger partial charge < -0.3 is 4.90 Å². The van der Waals surface area contributed by atoms with E-state index in [9.17, 15) is 21.6 Å². The average molecular weight is 481 g/mol. The maximum absolute atomic E-state index is 13.2. The van der Waals surface area contributed by atoms with Gasteiger partial charge in [-0.05, 0) is 44.0 Å². The zero-order chi connectivity index (χ0) is 23.5. The van der Waals surface area contributed by atoms with Crippen molar-refractivity contribution in [3.05, 3.63) is 53.3 Å². The predicted octanol–water partition coefficient (Wildman–Crippen LogP) is 1.21.